The lowest BCUT2D eigenvalue weighted by Crippen LogP contribution is -2.07. The highest BCUT2D eigenvalue weighted by atomic mass is 79.9. The Kier molecular flexibility index (Phi) is 2.96. The van der Waals surface area contributed by atoms with Crippen molar-refractivity contribution in [2.24, 2.45) is 0 Å². The Hall–Kier alpha value is -0.0200. The SMILES string of the molecule is Cc1cc(C)n(CC(Cl)Br)n1. The highest BCUT2D eigenvalue weighted by Crippen LogP contribution is 2.10. The minimum atomic E-state index is -0.0412. The van der Waals surface area contributed by atoms with Crippen LogP contribution >= 0.6 is 27.5 Å². The zero-order chi connectivity index (χ0) is 8.43. The number of nitrogens with zero attached hydrogens (tertiary/aromatic N) is 2. The number of aryl methyl sites for hydroxylation is 2. The molecule has 2 nitrogen and oxygen atoms in total. The van der Waals surface area contributed by atoms with E-state index in [1.54, 1.807) is 0 Å². The Balaban J connectivity index is 2.77. The molecular formula is C7H10BrClN2. The summed E-state index contributed by atoms with van der Waals surface area (Å²) in [6.45, 7) is 4.70. The third-order valence-electron chi connectivity index (χ3n) is 1.41. The van der Waals surface area contributed by atoms with Gasteiger partial charge in [-0.25, -0.2) is 0 Å². The standard InChI is InChI=1S/C7H10BrClN2/c1-5-3-6(2)11(10-5)4-7(8)9/h3,7H,4H2,1-2H3. The molecule has 0 aliphatic heterocycles. The summed E-state index contributed by atoms with van der Waals surface area (Å²) in [7, 11) is 0. The predicted octanol–water partition coefficient (Wildman–Crippen LogP) is 2.46. The third kappa shape index (κ3) is 2.49. The molecule has 0 radical (unpaired) electrons. The van der Waals surface area contributed by atoms with Crippen molar-refractivity contribution in [1.29, 1.82) is 0 Å². The van der Waals surface area contributed by atoms with Gasteiger partial charge in [0.25, 0.3) is 0 Å². The fraction of sp³-hybridized carbons (Fsp3) is 0.571. The molecule has 4 heteroatoms. The molecule has 0 saturated carbocycles. The summed E-state index contributed by atoms with van der Waals surface area (Å²) in [4.78, 5) is 0. The average Bonchev–Trinajstić information content (AvgIpc) is 2.09. The maximum Gasteiger partial charge on any atom is 0.108 e. The van der Waals surface area contributed by atoms with Gasteiger partial charge in [0.2, 0.25) is 0 Å². The lowest BCUT2D eigenvalue weighted by Gasteiger charge is -2.03. The first kappa shape index (κ1) is 9.07. The molecule has 1 rings (SSSR count). The van der Waals surface area contributed by atoms with Crippen molar-refractivity contribution in [3.05, 3.63) is 17.5 Å². The van der Waals surface area contributed by atoms with Crippen LogP contribution in [0.5, 0.6) is 0 Å². The van der Waals surface area contributed by atoms with E-state index < -0.39 is 0 Å². The van der Waals surface area contributed by atoms with Crippen LogP contribution < -0.4 is 0 Å². The number of rotatable bonds is 2. The van der Waals surface area contributed by atoms with Gasteiger partial charge in [0.1, 0.15) is 4.29 Å². The summed E-state index contributed by atoms with van der Waals surface area (Å²) < 4.78 is 1.85. The summed E-state index contributed by atoms with van der Waals surface area (Å²) in [6, 6.07) is 2.03. The van der Waals surface area contributed by atoms with Crippen LogP contribution in [0.15, 0.2) is 6.07 Å². The molecule has 0 N–H and O–H groups in total. The molecule has 62 valence electrons. The lowest BCUT2D eigenvalue weighted by molar-refractivity contribution is 0.628. The van der Waals surface area contributed by atoms with E-state index in [1.807, 2.05) is 24.6 Å². The average molecular weight is 238 g/mol. The molecule has 0 fully saturated rings. The zero-order valence-electron chi connectivity index (χ0n) is 6.51. The quantitative estimate of drug-likeness (QED) is 0.723. The van der Waals surface area contributed by atoms with Crippen molar-refractivity contribution in [2.75, 3.05) is 0 Å². The summed E-state index contributed by atoms with van der Waals surface area (Å²) >= 11 is 9.01. The monoisotopic (exact) mass is 236 g/mol. The highest BCUT2D eigenvalue weighted by Gasteiger charge is 2.04. The van der Waals surface area contributed by atoms with Crippen LogP contribution in [0, 0.1) is 13.8 Å². The van der Waals surface area contributed by atoms with E-state index in [2.05, 4.69) is 21.0 Å². The van der Waals surface area contributed by atoms with Crippen molar-refractivity contribution in [1.82, 2.24) is 9.78 Å². The minimum Gasteiger partial charge on any atom is -0.267 e. The van der Waals surface area contributed by atoms with E-state index in [0.717, 1.165) is 11.4 Å². The molecule has 1 atom stereocenters. The Morgan fingerprint density at radius 1 is 1.73 bits per heavy atom. The second kappa shape index (κ2) is 3.59. The topological polar surface area (TPSA) is 17.8 Å². The summed E-state index contributed by atoms with van der Waals surface area (Å²) in [5.41, 5.74) is 2.18. The fourth-order valence-electron chi connectivity index (χ4n) is 0.990. The Morgan fingerprint density at radius 2 is 2.36 bits per heavy atom. The maximum atomic E-state index is 5.75. The first-order valence-corrected chi connectivity index (χ1v) is 4.74. The number of hydrogen-bond acceptors (Lipinski definition) is 1. The van der Waals surface area contributed by atoms with Gasteiger partial charge in [-0.2, -0.15) is 5.10 Å². The zero-order valence-corrected chi connectivity index (χ0v) is 8.85. The Bertz CT molecular complexity index is 245. The molecule has 0 saturated heterocycles. The van der Waals surface area contributed by atoms with Crippen LogP contribution in [0.4, 0.5) is 0 Å². The molecule has 0 spiro atoms. The van der Waals surface area contributed by atoms with Crippen LogP contribution in [0.25, 0.3) is 0 Å². The number of aromatic nitrogens is 2. The van der Waals surface area contributed by atoms with Gasteiger partial charge in [0, 0.05) is 5.69 Å². The number of hydrogen-bond donors (Lipinski definition) is 0. The maximum absolute atomic E-state index is 5.75. The molecule has 0 aliphatic rings. The molecule has 0 amide bonds. The van der Waals surface area contributed by atoms with Crippen LogP contribution in [-0.4, -0.2) is 14.1 Å². The normalized spacial score (nSPS) is 13.5. The Labute approximate surface area is 79.7 Å². The van der Waals surface area contributed by atoms with Crippen molar-refractivity contribution in [2.45, 2.75) is 24.7 Å². The molecule has 1 heterocycles. The number of alkyl halides is 2. The van der Waals surface area contributed by atoms with Gasteiger partial charge >= 0.3 is 0 Å². The van der Waals surface area contributed by atoms with Crippen molar-refractivity contribution in [3.63, 3.8) is 0 Å². The Morgan fingerprint density at radius 3 is 2.73 bits per heavy atom. The van der Waals surface area contributed by atoms with Gasteiger partial charge in [0.15, 0.2) is 0 Å². The van der Waals surface area contributed by atoms with Gasteiger partial charge in [-0.3, -0.25) is 4.68 Å². The van der Waals surface area contributed by atoms with Gasteiger partial charge in [-0.15, -0.1) is 11.6 Å². The van der Waals surface area contributed by atoms with E-state index in [-0.39, 0.29) is 4.29 Å². The van der Waals surface area contributed by atoms with Crippen molar-refractivity contribution >= 4 is 27.5 Å². The van der Waals surface area contributed by atoms with Crippen molar-refractivity contribution in [3.8, 4) is 0 Å². The predicted molar refractivity (Wildman–Crippen MR) is 50.3 cm³/mol. The molecule has 1 aromatic heterocycles. The van der Waals surface area contributed by atoms with Crippen LogP contribution in [0.1, 0.15) is 11.4 Å². The second-order valence-corrected chi connectivity index (χ2v) is 4.66. The van der Waals surface area contributed by atoms with E-state index in [4.69, 9.17) is 11.6 Å². The van der Waals surface area contributed by atoms with Crippen molar-refractivity contribution < 1.29 is 0 Å². The van der Waals surface area contributed by atoms with Crippen LogP contribution in [0.2, 0.25) is 0 Å². The van der Waals surface area contributed by atoms with Gasteiger partial charge in [-0.05, 0) is 19.9 Å². The second-order valence-electron chi connectivity index (χ2n) is 2.50. The molecular weight excluding hydrogens is 227 g/mol. The molecule has 0 bridgehead atoms. The largest absolute Gasteiger partial charge is 0.267 e. The van der Waals surface area contributed by atoms with Crippen LogP contribution in [0.3, 0.4) is 0 Å². The first-order valence-electron chi connectivity index (χ1n) is 3.39. The number of halogens is 2. The summed E-state index contributed by atoms with van der Waals surface area (Å²) in [5, 5.41) is 4.25. The van der Waals surface area contributed by atoms with Gasteiger partial charge < -0.3 is 0 Å². The van der Waals surface area contributed by atoms with E-state index in [9.17, 15) is 0 Å². The van der Waals surface area contributed by atoms with E-state index in [0.29, 0.717) is 6.54 Å². The molecule has 1 unspecified atom stereocenters. The van der Waals surface area contributed by atoms with Gasteiger partial charge in [0.05, 0.1) is 12.2 Å². The van der Waals surface area contributed by atoms with E-state index in [1.165, 1.54) is 0 Å². The summed E-state index contributed by atoms with van der Waals surface area (Å²) in [5.74, 6) is 0. The van der Waals surface area contributed by atoms with Crippen LogP contribution in [-0.2, 0) is 6.54 Å². The molecule has 0 aliphatic carbocycles. The first-order chi connectivity index (χ1) is 5.09. The van der Waals surface area contributed by atoms with E-state index >= 15 is 0 Å². The highest BCUT2D eigenvalue weighted by molar-refractivity contribution is 9.10. The lowest BCUT2D eigenvalue weighted by atomic mass is 10.4. The summed E-state index contributed by atoms with van der Waals surface area (Å²) in [6.07, 6.45) is 0. The van der Waals surface area contributed by atoms with Gasteiger partial charge in [-0.1, -0.05) is 15.9 Å². The smallest absolute Gasteiger partial charge is 0.108 e. The fourth-order valence-corrected chi connectivity index (χ4v) is 1.40. The molecule has 11 heavy (non-hydrogen) atoms. The molecule has 1 aromatic rings. The molecule has 0 aromatic carbocycles. The minimum absolute atomic E-state index is 0.0412. The third-order valence-corrected chi connectivity index (χ3v) is 1.84.